The zero-order valence-electron chi connectivity index (χ0n) is 9.38. The molecule has 84 valence electrons. The highest BCUT2D eigenvalue weighted by atomic mass is 16.5. The highest BCUT2D eigenvalue weighted by Crippen LogP contribution is 2.15. The first-order valence-electron chi connectivity index (χ1n) is 5.73. The van der Waals surface area contributed by atoms with Crippen molar-refractivity contribution in [3.05, 3.63) is 0 Å². The van der Waals surface area contributed by atoms with Gasteiger partial charge >= 0.3 is 0 Å². The molecule has 1 unspecified atom stereocenters. The minimum atomic E-state index is -0.612. The van der Waals surface area contributed by atoms with Crippen molar-refractivity contribution < 1.29 is 9.84 Å². The zero-order chi connectivity index (χ0) is 10.4. The lowest BCUT2D eigenvalue weighted by Gasteiger charge is -2.25. The Morgan fingerprint density at radius 2 is 2.14 bits per heavy atom. The quantitative estimate of drug-likeness (QED) is 0.681. The summed E-state index contributed by atoms with van der Waals surface area (Å²) in [6.45, 7) is 6.32. The molecule has 1 rings (SSSR count). The van der Waals surface area contributed by atoms with E-state index in [1.807, 2.05) is 13.8 Å². The van der Waals surface area contributed by atoms with Crippen LogP contribution >= 0.6 is 0 Å². The van der Waals surface area contributed by atoms with Crippen LogP contribution in [-0.4, -0.2) is 36.5 Å². The molecular weight excluding hydrogens is 178 g/mol. The molecule has 3 nitrogen and oxygen atoms in total. The second-order valence-corrected chi connectivity index (χ2v) is 4.24. The van der Waals surface area contributed by atoms with Gasteiger partial charge in [-0.2, -0.15) is 0 Å². The summed E-state index contributed by atoms with van der Waals surface area (Å²) in [5.74, 6) is 0. The van der Waals surface area contributed by atoms with Gasteiger partial charge in [0.25, 0.3) is 0 Å². The molecule has 0 radical (unpaired) electrons. The molecule has 1 aliphatic rings. The summed E-state index contributed by atoms with van der Waals surface area (Å²) in [6, 6.07) is 0.507. The van der Waals surface area contributed by atoms with E-state index in [-0.39, 0.29) is 0 Å². The van der Waals surface area contributed by atoms with Gasteiger partial charge in [0.15, 0.2) is 0 Å². The summed E-state index contributed by atoms with van der Waals surface area (Å²) in [4.78, 5) is 0. The molecule has 1 aliphatic heterocycles. The Morgan fingerprint density at radius 3 is 2.64 bits per heavy atom. The Bertz CT molecular complexity index is 151. The Morgan fingerprint density at radius 1 is 1.43 bits per heavy atom. The third-order valence-electron chi connectivity index (χ3n) is 3.17. The molecule has 0 aromatic heterocycles. The van der Waals surface area contributed by atoms with Crippen molar-refractivity contribution in [2.24, 2.45) is 0 Å². The van der Waals surface area contributed by atoms with Crippen molar-refractivity contribution in [2.45, 2.75) is 51.2 Å². The average Bonchev–Trinajstić information content (AvgIpc) is 2.70. The fourth-order valence-corrected chi connectivity index (χ4v) is 1.74. The van der Waals surface area contributed by atoms with Gasteiger partial charge in [-0.3, -0.25) is 0 Å². The van der Waals surface area contributed by atoms with Gasteiger partial charge in [-0.1, -0.05) is 13.8 Å². The van der Waals surface area contributed by atoms with Gasteiger partial charge in [-0.05, 0) is 32.2 Å². The third-order valence-corrected chi connectivity index (χ3v) is 3.17. The van der Waals surface area contributed by atoms with Crippen LogP contribution in [-0.2, 0) is 4.74 Å². The van der Waals surface area contributed by atoms with E-state index in [1.54, 1.807) is 0 Å². The molecule has 0 aromatic carbocycles. The van der Waals surface area contributed by atoms with E-state index in [2.05, 4.69) is 5.32 Å². The first kappa shape index (κ1) is 12.0. The van der Waals surface area contributed by atoms with Crippen LogP contribution in [0.5, 0.6) is 0 Å². The van der Waals surface area contributed by atoms with Gasteiger partial charge in [-0.25, -0.2) is 0 Å². The minimum absolute atomic E-state index is 0.470. The van der Waals surface area contributed by atoms with Gasteiger partial charge in [0, 0.05) is 6.04 Å². The monoisotopic (exact) mass is 201 g/mol. The van der Waals surface area contributed by atoms with Gasteiger partial charge in [0.05, 0.1) is 18.8 Å². The summed E-state index contributed by atoms with van der Waals surface area (Å²) in [5, 5.41) is 13.3. The van der Waals surface area contributed by atoms with Crippen molar-refractivity contribution >= 4 is 0 Å². The van der Waals surface area contributed by atoms with Crippen LogP contribution in [0, 0.1) is 0 Å². The second kappa shape index (κ2) is 5.69. The molecule has 14 heavy (non-hydrogen) atoms. The molecule has 2 N–H and O–H groups in total. The largest absolute Gasteiger partial charge is 0.388 e. The summed E-state index contributed by atoms with van der Waals surface area (Å²) in [6.07, 6.45) is 3.99. The van der Waals surface area contributed by atoms with Crippen LogP contribution in [0.15, 0.2) is 0 Å². The van der Waals surface area contributed by atoms with Crippen molar-refractivity contribution in [3.63, 3.8) is 0 Å². The molecule has 1 fully saturated rings. The van der Waals surface area contributed by atoms with Crippen LogP contribution < -0.4 is 5.32 Å². The SMILES string of the molecule is CCC(O)(CC)COCC1CCCN1. The third kappa shape index (κ3) is 3.56. The van der Waals surface area contributed by atoms with E-state index in [1.165, 1.54) is 12.8 Å². The number of nitrogens with one attached hydrogen (secondary N) is 1. The molecule has 3 heteroatoms. The number of aliphatic hydroxyl groups is 1. The van der Waals surface area contributed by atoms with Crippen molar-refractivity contribution in [1.82, 2.24) is 5.32 Å². The standard InChI is InChI=1S/C11H23NO2/c1-3-11(13,4-2)9-14-8-10-6-5-7-12-10/h10,12-13H,3-9H2,1-2H3. The summed E-state index contributed by atoms with van der Waals surface area (Å²) >= 11 is 0. The van der Waals surface area contributed by atoms with Crippen molar-refractivity contribution in [3.8, 4) is 0 Å². The van der Waals surface area contributed by atoms with Gasteiger partial charge in [0.1, 0.15) is 0 Å². The number of hydrogen-bond donors (Lipinski definition) is 2. The molecule has 1 saturated heterocycles. The highest BCUT2D eigenvalue weighted by Gasteiger charge is 2.23. The second-order valence-electron chi connectivity index (χ2n) is 4.24. The molecular formula is C11H23NO2. The molecule has 0 aliphatic carbocycles. The Hall–Kier alpha value is -0.120. The van der Waals surface area contributed by atoms with E-state index in [0.29, 0.717) is 12.6 Å². The lowest BCUT2D eigenvalue weighted by molar-refractivity contribution is -0.0544. The van der Waals surface area contributed by atoms with E-state index in [4.69, 9.17) is 4.74 Å². The molecule has 0 saturated carbocycles. The molecule has 0 amide bonds. The van der Waals surface area contributed by atoms with E-state index in [9.17, 15) is 5.11 Å². The first-order valence-corrected chi connectivity index (χ1v) is 5.73. The van der Waals surface area contributed by atoms with Crippen LogP contribution in [0.3, 0.4) is 0 Å². The van der Waals surface area contributed by atoms with Crippen LogP contribution in [0.2, 0.25) is 0 Å². The van der Waals surface area contributed by atoms with Gasteiger partial charge in [-0.15, -0.1) is 0 Å². The van der Waals surface area contributed by atoms with Crippen molar-refractivity contribution in [2.75, 3.05) is 19.8 Å². The number of ether oxygens (including phenoxy) is 1. The first-order chi connectivity index (χ1) is 6.70. The van der Waals surface area contributed by atoms with Gasteiger partial charge < -0.3 is 15.2 Å². The lowest BCUT2D eigenvalue weighted by atomic mass is 9.99. The molecule has 1 atom stereocenters. The van der Waals surface area contributed by atoms with E-state index >= 15 is 0 Å². The molecule has 1 heterocycles. The lowest BCUT2D eigenvalue weighted by Crippen LogP contribution is -2.35. The smallest absolute Gasteiger partial charge is 0.0874 e. The fraction of sp³-hybridized carbons (Fsp3) is 1.00. The minimum Gasteiger partial charge on any atom is -0.388 e. The maximum absolute atomic E-state index is 9.96. The zero-order valence-corrected chi connectivity index (χ0v) is 9.38. The normalized spacial score (nSPS) is 22.9. The van der Waals surface area contributed by atoms with Gasteiger partial charge in [0.2, 0.25) is 0 Å². The summed E-state index contributed by atoms with van der Waals surface area (Å²) < 4.78 is 5.55. The highest BCUT2D eigenvalue weighted by molar-refractivity contribution is 4.77. The number of hydrogen-bond acceptors (Lipinski definition) is 3. The van der Waals surface area contributed by atoms with Crippen LogP contribution in [0.4, 0.5) is 0 Å². The number of rotatable bonds is 6. The predicted molar refractivity (Wildman–Crippen MR) is 57.4 cm³/mol. The summed E-state index contributed by atoms with van der Waals surface area (Å²) in [7, 11) is 0. The molecule has 0 bridgehead atoms. The maximum atomic E-state index is 9.96. The predicted octanol–water partition coefficient (Wildman–Crippen LogP) is 1.31. The fourth-order valence-electron chi connectivity index (χ4n) is 1.74. The Labute approximate surface area is 86.8 Å². The maximum Gasteiger partial charge on any atom is 0.0874 e. The Balaban J connectivity index is 2.12. The average molecular weight is 201 g/mol. The Kier molecular flexibility index (Phi) is 4.85. The molecule has 0 spiro atoms. The topological polar surface area (TPSA) is 41.5 Å². The van der Waals surface area contributed by atoms with Crippen molar-refractivity contribution in [1.29, 1.82) is 0 Å². The van der Waals surface area contributed by atoms with Crippen LogP contribution in [0.25, 0.3) is 0 Å². The summed E-state index contributed by atoms with van der Waals surface area (Å²) in [5.41, 5.74) is -0.612. The van der Waals surface area contributed by atoms with Crippen LogP contribution in [0.1, 0.15) is 39.5 Å². The van der Waals surface area contributed by atoms with E-state index < -0.39 is 5.60 Å². The molecule has 0 aromatic rings. The van der Waals surface area contributed by atoms with E-state index in [0.717, 1.165) is 26.0 Å².